The van der Waals surface area contributed by atoms with Gasteiger partial charge < -0.3 is 4.90 Å². The number of carbonyl (C=O) groups excluding carboxylic acids is 3. The summed E-state index contributed by atoms with van der Waals surface area (Å²) in [4.78, 5) is 42.6. The van der Waals surface area contributed by atoms with Gasteiger partial charge in [-0.1, -0.05) is 30.3 Å². The van der Waals surface area contributed by atoms with Crippen LogP contribution >= 0.6 is 0 Å². The van der Waals surface area contributed by atoms with Gasteiger partial charge in [0.15, 0.2) is 0 Å². The van der Waals surface area contributed by atoms with Crippen molar-refractivity contribution < 1.29 is 27.6 Å². The van der Waals surface area contributed by atoms with Crippen LogP contribution in [0.2, 0.25) is 0 Å². The van der Waals surface area contributed by atoms with Gasteiger partial charge in [0.05, 0.1) is 17.7 Å². The Morgan fingerprint density at radius 2 is 1.61 bits per heavy atom. The highest BCUT2D eigenvalue weighted by Crippen LogP contribution is 2.25. The normalized spacial score (nSPS) is 17.3. The molecule has 0 saturated carbocycles. The molecule has 4 rings (SSSR count). The van der Waals surface area contributed by atoms with E-state index >= 15 is 0 Å². The van der Waals surface area contributed by atoms with Crippen LogP contribution in [0, 0.1) is 0 Å². The van der Waals surface area contributed by atoms with E-state index in [1.807, 2.05) is 30.3 Å². The minimum Gasteiger partial charge on any atom is -0.337 e. The van der Waals surface area contributed by atoms with Gasteiger partial charge in [-0.2, -0.15) is 13.2 Å². The second kappa shape index (κ2) is 9.35. The molecule has 0 N–H and O–H groups in total. The standard InChI is InChI=1S/C24H24F3N3O3/c25-24(26,27)16-28-10-4-11-29(14-13-28)21(31)18-7-8-19-20(15-18)23(33)30(22(19)32)12-9-17-5-2-1-3-6-17/h1-3,5-8,15H,4,9-14,16H2. The summed E-state index contributed by atoms with van der Waals surface area (Å²) in [5, 5.41) is 0. The number of carbonyl (C=O) groups is 3. The fourth-order valence-corrected chi connectivity index (χ4v) is 4.28. The summed E-state index contributed by atoms with van der Waals surface area (Å²) < 4.78 is 38.1. The lowest BCUT2D eigenvalue weighted by Crippen LogP contribution is -2.38. The van der Waals surface area contributed by atoms with Gasteiger partial charge >= 0.3 is 6.18 Å². The van der Waals surface area contributed by atoms with Crippen LogP contribution in [0.1, 0.15) is 43.1 Å². The zero-order valence-corrected chi connectivity index (χ0v) is 18.0. The number of hydrogen-bond donors (Lipinski definition) is 0. The van der Waals surface area contributed by atoms with Crippen LogP contribution in [0.25, 0.3) is 0 Å². The summed E-state index contributed by atoms with van der Waals surface area (Å²) in [5.74, 6) is -1.18. The molecule has 2 aliphatic rings. The lowest BCUT2D eigenvalue weighted by Gasteiger charge is -2.23. The molecule has 0 unspecified atom stereocenters. The van der Waals surface area contributed by atoms with Gasteiger partial charge in [0.25, 0.3) is 17.7 Å². The number of nitrogens with zero attached hydrogens (tertiary/aromatic N) is 3. The quantitative estimate of drug-likeness (QED) is 0.645. The van der Waals surface area contributed by atoms with Crippen molar-refractivity contribution in [1.29, 1.82) is 0 Å². The van der Waals surface area contributed by atoms with Gasteiger partial charge in [-0.3, -0.25) is 24.2 Å². The molecule has 2 aliphatic heterocycles. The number of amides is 3. The molecule has 2 aromatic carbocycles. The van der Waals surface area contributed by atoms with E-state index in [2.05, 4.69) is 0 Å². The molecule has 0 aromatic heterocycles. The number of hydrogen-bond acceptors (Lipinski definition) is 4. The van der Waals surface area contributed by atoms with Crippen molar-refractivity contribution in [3.63, 3.8) is 0 Å². The van der Waals surface area contributed by atoms with Crippen LogP contribution in [0.4, 0.5) is 13.2 Å². The second-order valence-corrected chi connectivity index (χ2v) is 8.29. The monoisotopic (exact) mass is 459 g/mol. The molecule has 33 heavy (non-hydrogen) atoms. The van der Waals surface area contributed by atoms with Crippen LogP contribution in [0.15, 0.2) is 48.5 Å². The van der Waals surface area contributed by atoms with Gasteiger partial charge in [0.2, 0.25) is 0 Å². The summed E-state index contributed by atoms with van der Waals surface area (Å²) in [5.41, 5.74) is 1.71. The third kappa shape index (κ3) is 5.24. The van der Waals surface area contributed by atoms with Crippen molar-refractivity contribution in [3.8, 4) is 0 Å². The van der Waals surface area contributed by atoms with E-state index in [0.717, 1.165) is 5.56 Å². The molecular formula is C24H24F3N3O3. The summed E-state index contributed by atoms with van der Waals surface area (Å²) >= 11 is 0. The van der Waals surface area contributed by atoms with Gasteiger partial charge in [0, 0.05) is 38.3 Å². The Bertz CT molecular complexity index is 1060. The minimum atomic E-state index is -4.28. The van der Waals surface area contributed by atoms with E-state index in [1.165, 1.54) is 32.9 Å². The smallest absolute Gasteiger partial charge is 0.337 e. The molecule has 0 bridgehead atoms. The summed E-state index contributed by atoms with van der Waals surface area (Å²) in [6.45, 7) is 0.129. The Kier molecular flexibility index (Phi) is 6.51. The zero-order valence-electron chi connectivity index (χ0n) is 18.0. The van der Waals surface area contributed by atoms with Crippen molar-refractivity contribution in [2.24, 2.45) is 0 Å². The SMILES string of the molecule is O=C(c1ccc2c(c1)C(=O)N(CCc1ccccc1)C2=O)N1CCCN(CC(F)(F)F)CC1. The molecule has 0 spiro atoms. The van der Waals surface area contributed by atoms with Gasteiger partial charge in [-0.05, 0) is 36.6 Å². The zero-order chi connectivity index (χ0) is 23.6. The molecule has 6 nitrogen and oxygen atoms in total. The van der Waals surface area contributed by atoms with E-state index in [1.54, 1.807) is 0 Å². The Labute approximate surface area is 189 Å². The van der Waals surface area contributed by atoms with Crippen molar-refractivity contribution >= 4 is 17.7 Å². The first-order valence-corrected chi connectivity index (χ1v) is 10.9. The van der Waals surface area contributed by atoms with E-state index in [-0.39, 0.29) is 54.7 Å². The minimum absolute atomic E-state index is 0.126. The third-order valence-electron chi connectivity index (χ3n) is 5.96. The van der Waals surface area contributed by atoms with Gasteiger partial charge in [-0.25, -0.2) is 0 Å². The fourth-order valence-electron chi connectivity index (χ4n) is 4.28. The van der Waals surface area contributed by atoms with Crippen LogP contribution in [-0.2, 0) is 6.42 Å². The predicted molar refractivity (Wildman–Crippen MR) is 115 cm³/mol. The van der Waals surface area contributed by atoms with Crippen LogP contribution < -0.4 is 0 Å². The summed E-state index contributed by atoms with van der Waals surface area (Å²) in [6.07, 6.45) is -3.32. The average Bonchev–Trinajstić information content (AvgIpc) is 2.92. The lowest BCUT2D eigenvalue weighted by molar-refractivity contribution is -0.145. The Balaban J connectivity index is 1.43. The van der Waals surface area contributed by atoms with Crippen molar-refractivity contribution in [3.05, 3.63) is 70.8 Å². The molecule has 0 radical (unpaired) electrons. The van der Waals surface area contributed by atoms with Crippen LogP contribution in [-0.4, -0.2) is 77.9 Å². The second-order valence-electron chi connectivity index (χ2n) is 8.29. The Morgan fingerprint density at radius 1 is 0.879 bits per heavy atom. The van der Waals surface area contributed by atoms with E-state index in [0.29, 0.717) is 19.4 Å². The molecule has 9 heteroatoms. The summed E-state index contributed by atoms with van der Waals surface area (Å²) in [7, 11) is 0. The maximum Gasteiger partial charge on any atom is 0.401 e. The van der Waals surface area contributed by atoms with E-state index < -0.39 is 18.6 Å². The van der Waals surface area contributed by atoms with Crippen LogP contribution in [0.5, 0.6) is 0 Å². The molecule has 0 atom stereocenters. The fraction of sp³-hybridized carbons (Fsp3) is 0.375. The number of halogens is 3. The molecule has 174 valence electrons. The maximum atomic E-state index is 13.0. The first kappa shape index (κ1) is 23.0. The summed E-state index contributed by atoms with van der Waals surface area (Å²) in [6, 6.07) is 13.9. The molecule has 1 fully saturated rings. The Morgan fingerprint density at radius 3 is 2.33 bits per heavy atom. The highest BCUT2D eigenvalue weighted by molar-refractivity contribution is 6.22. The predicted octanol–water partition coefficient (Wildman–Crippen LogP) is 3.24. The Hall–Kier alpha value is -3.20. The van der Waals surface area contributed by atoms with E-state index in [4.69, 9.17) is 0 Å². The maximum absolute atomic E-state index is 13.0. The highest BCUT2D eigenvalue weighted by Gasteiger charge is 2.36. The average molecular weight is 459 g/mol. The molecule has 2 aromatic rings. The van der Waals surface area contributed by atoms with E-state index in [9.17, 15) is 27.6 Å². The van der Waals surface area contributed by atoms with Gasteiger partial charge in [-0.15, -0.1) is 0 Å². The van der Waals surface area contributed by atoms with Crippen molar-refractivity contribution in [2.45, 2.75) is 19.0 Å². The molecule has 2 heterocycles. The number of benzene rings is 2. The number of rotatable bonds is 5. The third-order valence-corrected chi connectivity index (χ3v) is 5.96. The molecule has 1 saturated heterocycles. The largest absolute Gasteiger partial charge is 0.401 e. The van der Waals surface area contributed by atoms with Crippen molar-refractivity contribution in [1.82, 2.24) is 14.7 Å². The first-order valence-electron chi connectivity index (χ1n) is 10.9. The number of alkyl halides is 3. The number of imide groups is 1. The highest BCUT2D eigenvalue weighted by atomic mass is 19.4. The topological polar surface area (TPSA) is 60.9 Å². The van der Waals surface area contributed by atoms with Gasteiger partial charge in [0.1, 0.15) is 0 Å². The molecule has 0 aliphatic carbocycles. The lowest BCUT2D eigenvalue weighted by atomic mass is 10.0. The number of fused-ring (bicyclic) bond motifs is 1. The van der Waals surface area contributed by atoms with Crippen LogP contribution in [0.3, 0.4) is 0 Å². The molecule has 3 amide bonds. The first-order chi connectivity index (χ1) is 15.7. The molecular weight excluding hydrogens is 435 g/mol. The van der Waals surface area contributed by atoms with Crippen molar-refractivity contribution in [2.75, 3.05) is 39.3 Å².